The zero-order chi connectivity index (χ0) is 34.3. The Balaban J connectivity index is 1.12. The van der Waals surface area contributed by atoms with E-state index in [2.05, 4.69) is 33.3 Å². The van der Waals surface area contributed by atoms with Gasteiger partial charge in [-0.1, -0.05) is 11.6 Å². The number of hydrogen-bond donors (Lipinski definition) is 1. The smallest absolute Gasteiger partial charge is 0.410 e. The lowest BCUT2D eigenvalue weighted by Gasteiger charge is -2.43. The van der Waals surface area contributed by atoms with E-state index >= 15 is 4.39 Å². The number of pyridine rings is 1. The first kappa shape index (κ1) is 33.4. The molecule has 1 amide bonds. The van der Waals surface area contributed by atoms with E-state index in [9.17, 15) is 14.4 Å². The van der Waals surface area contributed by atoms with Crippen molar-refractivity contribution in [2.75, 3.05) is 37.7 Å². The molecular formula is C34H37ClF2N8O3. The second-order valence-corrected chi connectivity index (χ2v) is 14.1. The number of alkyl halides is 1. The van der Waals surface area contributed by atoms with Crippen molar-refractivity contribution in [2.24, 2.45) is 0 Å². The molecule has 1 aromatic carbocycles. The minimum absolute atomic E-state index is 0.141. The Labute approximate surface area is 282 Å². The second kappa shape index (κ2) is 12.8. The van der Waals surface area contributed by atoms with Gasteiger partial charge in [-0.25, -0.2) is 23.1 Å². The summed E-state index contributed by atoms with van der Waals surface area (Å²) in [5.74, 6) is 0.724. The molecule has 14 heteroatoms. The number of benzene rings is 1. The first-order valence-corrected chi connectivity index (χ1v) is 16.1. The van der Waals surface area contributed by atoms with E-state index in [0.717, 1.165) is 31.5 Å². The molecule has 0 atom stereocenters. The maximum atomic E-state index is 15.4. The molecule has 3 aromatic heterocycles. The van der Waals surface area contributed by atoms with E-state index in [1.54, 1.807) is 51.5 Å². The van der Waals surface area contributed by atoms with E-state index in [1.807, 2.05) is 0 Å². The summed E-state index contributed by atoms with van der Waals surface area (Å²) in [6.45, 7) is 8.79. The van der Waals surface area contributed by atoms with Crippen LogP contribution in [-0.4, -0.2) is 80.2 Å². The van der Waals surface area contributed by atoms with Crippen molar-refractivity contribution >= 4 is 29.0 Å². The molecule has 2 aliphatic heterocycles. The lowest BCUT2D eigenvalue weighted by Crippen LogP contribution is -2.64. The van der Waals surface area contributed by atoms with Crippen LogP contribution in [0.3, 0.4) is 0 Å². The summed E-state index contributed by atoms with van der Waals surface area (Å²) in [4.78, 5) is 25.1. The zero-order valence-electron chi connectivity index (χ0n) is 27.3. The van der Waals surface area contributed by atoms with Gasteiger partial charge in [-0.3, -0.25) is 4.98 Å². The van der Waals surface area contributed by atoms with Gasteiger partial charge in [0.1, 0.15) is 35.7 Å². The van der Waals surface area contributed by atoms with Crippen LogP contribution in [0.15, 0.2) is 49.1 Å². The van der Waals surface area contributed by atoms with Crippen LogP contribution in [0.5, 0.6) is 5.75 Å². The Morgan fingerprint density at radius 2 is 1.90 bits per heavy atom. The molecule has 5 heterocycles. The summed E-state index contributed by atoms with van der Waals surface area (Å²) in [5, 5.41) is 18.1. The number of likely N-dealkylation sites (tertiary alicyclic amines) is 1. The number of piperidine rings is 1. The lowest BCUT2D eigenvalue weighted by atomic mass is 9.89. The molecule has 2 aliphatic rings. The van der Waals surface area contributed by atoms with Crippen LogP contribution in [0.25, 0.3) is 16.8 Å². The van der Waals surface area contributed by atoms with Gasteiger partial charge in [-0.15, -0.1) is 0 Å². The van der Waals surface area contributed by atoms with Gasteiger partial charge in [0.25, 0.3) is 0 Å². The van der Waals surface area contributed by atoms with E-state index in [4.69, 9.17) is 26.1 Å². The topological polar surface area (TPSA) is 121 Å². The third-order valence-corrected chi connectivity index (χ3v) is 8.99. The molecule has 1 N–H and O–H groups in total. The van der Waals surface area contributed by atoms with E-state index in [-0.39, 0.29) is 31.1 Å². The van der Waals surface area contributed by atoms with Crippen molar-refractivity contribution in [1.82, 2.24) is 29.8 Å². The normalized spacial score (nSPS) is 17.1. The summed E-state index contributed by atoms with van der Waals surface area (Å²) in [5.41, 5.74) is 0.0871. The standard InChI is InChI=1S/C34H37ClF2N8O3/c1-32(2,3)48-31(46)44-19-34(37,20-44)21-47-25-12-26(30-23(13-38)15-42-45(30)18-25)28-16-40-29(17-39-28)43-9-7-33(4,8-10-43)41-14-22-11-24(36)5-6-27(22)35/h5-6,11-12,15-18,41H,7-10,14,19-21H2,1-4H3. The highest BCUT2D eigenvalue weighted by Gasteiger charge is 2.48. The summed E-state index contributed by atoms with van der Waals surface area (Å²) >= 11 is 6.25. The minimum Gasteiger partial charge on any atom is -0.488 e. The second-order valence-electron chi connectivity index (χ2n) is 13.7. The Morgan fingerprint density at radius 1 is 1.15 bits per heavy atom. The van der Waals surface area contributed by atoms with Crippen LogP contribution in [0.4, 0.5) is 19.4 Å². The van der Waals surface area contributed by atoms with Crippen LogP contribution in [0.2, 0.25) is 5.02 Å². The molecule has 48 heavy (non-hydrogen) atoms. The van der Waals surface area contributed by atoms with Gasteiger partial charge in [-0.05, 0) is 70.4 Å². The molecule has 2 fully saturated rings. The van der Waals surface area contributed by atoms with Crippen molar-refractivity contribution in [3.8, 4) is 23.1 Å². The Hall–Kier alpha value is -4.54. The van der Waals surface area contributed by atoms with Crippen molar-refractivity contribution in [3.63, 3.8) is 0 Å². The predicted molar refractivity (Wildman–Crippen MR) is 176 cm³/mol. The largest absolute Gasteiger partial charge is 0.488 e. The van der Waals surface area contributed by atoms with E-state index < -0.39 is 17.4 Å². The summed E-state index contributed by atoms with van der Waals surface area (Å²) < 4.78 is 41.8. The van der Waals surface area contributed by atoms with Crippen LogP contribution in [0, 0.1) is 17.1 Å². The molecule has 11 nitrogen and oxygen atoms in total. The quantitative estimate of drug-likeness (QED) is 0.241. The highest BCUT2D eigenvalue weighted by atomic mass is 35.5. The Bertz CT molecular complexity index is 1860. The number of fused-ring (bicyclic) bond motifs is 1. The van der Waals surface area contributed by atoms with Crippen LogP contribution in [-0.2, 0) is 11.3 Å². The monoisotopic (exact) mass is 678 g/mol. The van der Waals surface area contributed by atoms with Gasteiger partial charge in [0.05, 0.1) is 54.7 Å². The summed E-state index contributed by atoms with van der Waals surface area (Å²) in [6, 6.07) is 8.23. The maximum Gasteiger partial charge on any atom is 0.410 e. The fourth-order valence-electron chi connectivity index (χ4n) is 5.87. The van der Waals surface area contributed by atoms with Crippen LogP contribution in [0.1, 0.15) is 51.7 Å². The molecule has 4 aromatic rings. The molecule has 0 unspecified atom stereocenters. The Kier molecular flexibility index (Phi) is 8.91. The average Bonchev–Trinajstić information content (AvgIpc) is 3.45. The molecule has 0 aliphatic carbocycles. The molecule has 0 bridgehead atoms. The molecular weight excluding hydrogens is 642 g/mol. The number of halogens is 3. The highest BCUT2D eigenvalue weighted by molar-refractivity contribution is 6.31. The van der Waals surface area contributed by atoms with Gasteiger partial charge >= 0.3 is 6.09 Å². The predicted octanol–water partition coefficient (Wildman–Crippen LogP) is 5.94. The van der Waals surface area contributed by atoms with Crippen molar-refractivity contribution in [3.05, 3.63) is 71.0 Å². The van der Waals surface area contributed by atoms with Crippen molar-refractivity contribution in [1.29, 1.82) is 5.26 Å². The molecule has 0 saturated carbocycles. The van der Waals surface area contributed by atoms with Gasteiger partial charge in [0.15, 0.2) is 5.67 Å². The van der Waals surface area contributed by atoms with Crippen molar-refractivity contribution < 1.29 is 23.0 Å². The highest BCUT2D eigenvalue weighted by Crippen LogP contribution is 2.33. The number of anilines is 1. The number of carbonyl (C=O) groups is 1. The number of nitriles is 1. The average molecular weight is 679 g/mol. The van der Waals surface area contributed by atoms with Gasteiger partial charge in [-0.2, -0.15) is 10.4 Å². The fraction of sp³-hybridized carbons (Fsp3) is 0.441. The van der Waals surface area contributed by atoms with E-state index in [1.165, 1.54) is 27.7 Å². The number of rotatable bonds is 8. The Morgan fingerprint density at radius 3 is 2.56 bits per heavy atom. The fourth-order valence-corrected chi connectivity index (χ4v) is 6.05. The summed E-state index contributed by atoms with van der Waals surface area (Å²) in [6.07, 6.45) is 7.46. The number of nitrogens with one attached hydrogen (secondary N) is 1. The molecule has 0 radical (unpaired) electrons. The van der Waals surface area contributed by atoms with Crippen LogP contribution < -0.4 is 15.0 Å². The summed E-state index contributed by atoms with van der Waals surface area (Å²) in [7, 11) is 0. The van der Waals surface area contributed by atoms with Gasteiger partial charge in [0.2, 0.25) is 0 Å². The number of ether oxygens (including phenoxy) is 2. The van der Waals surface area contributed by atoms with Gasteiger partial charge < -0.3 is 24.6 Å². The lowest BCUT2D eigenvalue weighted by molar-refractivity contribution is -0.0686. The molecule has 252 valence electrons. The minimum atomic E-state index is -1.73. The number of amides is 1. The molecule has 0 spiro atoms. The van der Waals surface area contributed by atoms with Crippen LogP contribution >= 0.6 is 11.6 Å². The van der Waals surface area contributed by atoms with E-state index in [0.29, 0.717) is 45.5 Å². The number of aromatic nitrogens is 4. The van der Waals surface area contributed by atoms with Gasteiger partial charge in [0, 0.05) is 35.8 Å². The first-order valence-electron chi connectivity index (χ1n) is 15.7. The molecule has 6 rings (SSSR count). The SMILES string of the molecule is CC1(NCc2cc(F)ccc2Cl)CCN(c2cnc(-c3cc(OCC4(F)CN(C(=O)OC(C)(C)C)C4)cn4ncc(C#N)c34)cn2)CC1. The van der Waals surface area contributed by atoms with Crippen molar-refractivity contribution in [2.45, 2.75) is 63.9 Å². The number of nitrogens with zero attached hydrogens (tertiary/aromatic N) is 7. The molecule has 2 saturated heterocycles. The zero-order valence-corrected chi connectivity index (χ0v) is 28.0. The number of carbonyl (C=O) groups excluding carboxylic acids is 1. The first-order chi connectivity index (χ1) is 22.7. The maximum absolute atomic E-state index is 15.4. The third-order valence-electron chi connectivity index (χ3n) is 8.62. The number of hydrogen-bond acceptors (Lipinski definition) is 9. The third kappa shape index (κ3) is 7.29.